The zero-order valence-corrected chi connectivity index (χ0v) is 12.5. The topological polar surface area (TPSA) is 55.0 Å². The monoisotopic (exact) mass is 348 g/mol. The zero-order valence-electron chi connectivity index (χ0n) is 10.3. The lowest BCUT2D eigenvalue weighted by Gasteiger charge is -2.20. The van der Waals surface area contributed by atoms with Crippen LogP contribution < -0.4 is 5.56 Å². The molecular weight excluding hydrogens is 331 g/mol. The summed E-state index contributed by atoms with van der Waals surface area (Å²) >= 11 is 2.06. The van der Waals surface area contributed by atoms with E-state index in [2.05, 4.69) is 53.3 Å². The van der Waals surface area contributed by atoms with E-state index in [4.69, 9.17) is 4.74 Å². The van der Waals surface area contributed by atoms with Gasteiger partial charge in [-0.05, 0) is 35.4 Å². The van der Waals surface area contributed by atoms with Crippen molar-refractivity contribution in [3.8, 4) is 0 Å². The Balaban J connectivity index is 2.49. The largest absolute Gasteiger partial charge is 0.370 e. The number of H-pyrrole nitrogens is 1. The van der Waals surface area contributed by atoms with Crippen LogP contribution in [-0.4, -0.2) is 16.6 Å². The fourth-order valence-corrected chi connectivity index (χ4v) is 2.98. The van der Waals surface area contributed by atoms with Crippen LogP contribution in [-0.2, 0) is 10.2 Å². The maximum Gasteiger partial charge on any atom is 0.264 e. The molecule has 1 aromatic rings. The van der Waals surface area contributed by atoms with E-state index in [9.17, 15) is 4.79 Å². The van der Waals surface area contributed by atoms with Gasteiger partial charge in [0.25, 0.3) is 5.56 Å². The first-order chi connectivity index (χ1) is 7.89. The molecule has 17 heavy (non-hydrogen) atoms. The first-order valence-electron chi connectivity index (χ1n) is 5.81. The molecule has 0 spiro atoms. The van der Waals surface area contributed by atoms with Gasteiger partial charge in [0.1, 0.15) is 15.5 Å². The highest BCUT2D eigenvalue weighted by atomic mass is 127. The fraction of sp³-hybridized carbons (Fsp3) is 0.667. The normalized spacial score (nSPS) is 20.8. The molecule has 1 aliphatic rings. The zero-order chi connectivity index (χ0) is 12.6. The highest BCUT2D eigenvalue weighted by Gasteiger charge is 2.26. The number of halogens is 1. The summed E-state index contributed by atoms with van der Waals surface area (Å²) in [5, 5.41) is 0. The first kappa shape index (κ1) is 13.0. The predicted molar refractivity (Wildman–Crippen MR) is 74.2 cm³/mol. The highest BCUT2D eigenvalue weighted by Crippen LogP contribution is 2.28. The Morgan fingerprint density at radius 3 is 2.71 bits per heavy atom. The molecule has 1 saturated heterocycles. The molecule has 1 N–H and O–H groups in total. The van der Waals surface area contributed by atoms with E-state index in [0.717, 1.165) is 25.1 Å². The molecule has 4 nitrogen and oxygen atoms in total. The Morgan fingerprint density at radius 2 is 2.18 bits per heavy atom. The van der Waals surface area contributed by atoms with E-state index in [1.165, 1.54) is 0 Å². The number of rotatable bonds is 1. The van der Waals surface area contributed by atoms with Crippen molar-refractivity contribution in [1.82, 2.24) is 9.97 Å². The van der Waals surface area contributed by atoms with Crippen molar-refractivity contribution in [3.05, 3.63) is 25.4 Å². The summed E-state index contributed by atoms with van der Waals surface area (Å²) in [7, 11) is 0. The summed E-state index contributed by atoms with van der Waals surface area (Å²) in [5.74, 6) is 0.679. The van der Waals surface area contributed by atoms with E-state index in [1.54, 1.807) is 0 Å². The van der Waals surface area contributed by atoms with Gasteiger partial charge in [-0.15, -0.1) is 0 Å². The minimum Gasteiger partial charge on any atom is -0.370 e. The number of ether oxygens (including phenoxy) is 1. The quantitative estimate of drug-likeness (QED) is 0.794. The van der Waals surface area contributed by atoms with Gasteiger partial charge in [0, 0.05) is 12.0 Å². The van der Waals surface area contributed by atoms with Crippen LogP contribution >= 0.6 is 22.6 Å². The van der Waals surface area contributed by atoms with Gasteiger partial charge in [-0.2, -0.15) is 0 Å². The number of hydrogen-bond acceptors (Lipinski definition) is 3. The van der Waals surface area contributed by atoms with Crippen LogP contribution in [0.2, 0.25) is 0 Å². The number of aromatic amines is 1. The second-order valence-electron chi connectivity index (χ2n) is 5.37. The smallest absolute Gasteiger partial charge is 0.264 e. The molecule has 1 fully saturated rings. The molecule has 1 atom stereocenters. The molecule has 0 aromatic carbocycles. The number of nitrogens with zero attached hydrogens (tertiary/aromatic N) is 1. The third kappa shape index (κ3) is 2.70. The van der Waals surface area contributed by atoms with Crippen LogP contribution in [0.15, 0.2) is 4.79 Å². The van der Waals surface area contributed by atoms with Crippen molar-refractivity contribution in [2.75, 3.05) is 6.61 Å². The van der Waals surface area contributed by atoms with E-state index in [0.29, 0.717) is 9.39 Å². The molecule has 0 aliphatic carbocycles. The number of aromatic nitrogens is 2. The molecule has 2 heterocycles. The summed E-state index contributed by atoms with van der Waals surface area (Å²) in [5.41, 5.74) is 0.668. The van der Waals surface area contributed by atoms with Crippen molar-refractivity contribution in [2.45, 2.75) is 45.1 Å². The Bertz CT molecular complexity index is 470. The van der Waals surface area contributed by atoms with E-state index < -0.39 is 0 Å². The SMILES string of the molecule is CC(C)(C)c1nc(C2CCCO2)[nH]c(=O)c1I. The molecule has 0 bridgehead atoms. The van der Waals surface area contributed by atoms with E-state index in [-0.39, 0.29) is 17.1 Å². The Labute approximate surface area is 114 Å². The molecule has 94 valence electrons. The third-order valence-electron chi connectivity index (χ3n) is 2.83. The number of nitrogens with one attached hydrogen (secondary N) is 1. The second-order valence-corrected chi connectivity index (χ2v) is 6.44. The lowest BCUT2D eigenvalue weighted by Crippen LogP contribution is -2.26. The summed E-state index contributed by atoms with van der Waals surface area (Å²) in [6.07, 6.45) is 1.93. The van der Waals surface area contributed by atoms with Crippen molar-refractivity contribution in [2.24, 2.45) is 0 Å². The maximum absolute atomic E-state index is 11.9. The summed E-state index contributed by atoms with van der Waals surface area (Å²) in [6.45, 7) is 6.95. The van der Waals surface area contributed by atoms with Crippen molar-refractivity contribution in [3.63, 3.8) is 0 Å². The summed E-state index contributed by atoms with van der Waals surface area (Å²) in [6, 6.07) is 0. The predicted octanol–water partition coefficient (Wildman–Crippen LogP) is 2.52. The molecule has 2 rings (SSSR count). The molecular formula is C12H17IN2O2. The van der Waals surface area contributed by atoms with Gasteiger partial charge in [-0.1, -0.05) is 20.8 Å². The molecule has 0 amide bonds. The van der Waals surface area contributed by atoms with Crippen LogP contribution in [0.1, 0.15) is 51.2 Å². The molecule has 1 aromatic heterocycles. The molecule has 0 saturated carbocycles. The Morgan fingerprint density at radius 1 is 1.47 bits per heavy atom. The van der Waals surface area contributed by atoms with Crippen molar-refractivity contribution in [1.29, 1.82) is 0 Å². The average Bonchev–Trinajstić information content (AvgIpc) is 2.73. The average molecular weight is 348 g/mol. The standard InChI is InChI=1S/C12H17IN2O2/c1-12(2,3)9-8(13)11(16)15-10(14-9)7-5-4-6-17-7/h7H,4-6H2,1-3H3,(H,14,15,16). The maximum atomic E-state index is 11.9. The number of hydrogen-bond donors (Lipinski definition) is 1. The van der Waals surface area contributed by atoms with Gasteiger partial charge in [-0.3, -0.25) is 4.79 Å². The van der Waals surface area contributed by atoms with Crippen LogP contribution in [0.25, 0.3) is 0 Å². The molecule has 1 aliphatic heterocycles. The summed E-state index contributed by atoms with van der Waals surface area (Å²) in [4.78, 5) is 19.3. The lowest BCUT2D eigenvalue weighted by molar-refractivity contribution is 0.104. The van der Waals surface area contributed by atoms with Crippen molar-refractivity contribution >= 4 is 22.6 Å². The van der Waals surface area contributed by atoms with Gasteiger partial charge in [0.15, 0.2) is 0 Å². The summed E-state index contributed by atoms with van der Waals surface area (Å²) < 4.78 is 6.24. The minimum absolute atomic E-state index is 0.0409. The van der Waals surface area contributed by atoms with Gasteiger partial charge in [-0.25, -0.2) is 4.98 Å². The Hall–Kier alpha value is -0.430. The lowest BCUT2D eigenvalue weighted by atomic mass is 9.92. The van der Waals surface area contributed by atoms with Gasteiger partial charge in [0.05, 0.1) is 5.69 Å². The second kappa shape index (κ2) is 4.68. The van der Waals surface area contributed by atoms with Crippen LogP contribution in [0.5, 0.6) is 0 Å². The van der Waals surface area contributed by atoms with Gasteiger partial charge < -0.3 is 9.72 Å². The van der Waals surface area contributed by atoms with Crippen LogP contribution in [0, 0.1) is 3.57 Å². The van der Waals surface area contributed by atoms with E-state index >= 15 is 0 Å². The highest BCUT2D eigenvalue weighted by molar-refractivity contribution is 14.1. The van der Waals surface area contributed by atoms with Gasteiger partial charge >= 0.3 is 0 Å². The third-order valence-corrected chi connectivity index (χ3v) is 3.83. The molecule has 1 unspecified atom stereocenters. The van der Waals surface area contributed by atoms with E-state index in [1.807, 2.05) is 0 Å². The van der Waals surface area contributed by atoms with Crippen LogP contribution in [0.3, 0.4) is 0 Å². The van der Waals surface area contributed by atoms with Crippen LogP contribution in [0.4, 0.5) is 0 Å². The van der Waals surface area contributed by atoms with Crippen molar-refractivity contribution < 1.29 is 4.74 Å². The van der Waals surface area contributed by atoms with Gasteiger partial charge in [0.2, 0.25) is 0 Å². The fourth-order valence-electron chi connectivity index (χ4n) is 1.92. The molecule has 0 radical (unpaired) electrons. The first-order valence-corrected chi connectivity index (χ1v) is 6.89. The minimum atomic E-state index is -0.127. The molecule has 5 heteroatoms. The Kier molecular flexibility index (Phi) is 3.58.